The Labute approximate surface area is 117 Å². The van der Waals surface area contributed by atoms with Crippen LogP contribution in [0.1, 0.15) is 38.3 Å². The number of nitrogens with two attached hydrogens (primary N) is 1. The number of hydrogen-bond donors (Lipinski definition) is 1. The van der Waals surface area contributed by atoms with Crippen molar-refractivity contribution in [3.8, 4) is 5.75 Å². The molecule has 1 aromatic carbocycles. The summed E-state index contributed by atoms with van der Waals surface area (Å²) in [5.41, 5.74) is 8.16. The fraction of sp³-hybridized carbons (Fsp3) is 0.625. The molecule has 2 N–H and O–H groups in total. The first-order valence-corrected chi connectivity index (χ1v) is 7.22. The summed E-state index contributed by atoms with van der Waals surface area (Å²) in [5.74, 6) is 1.63. The van der Waals surface area contributed by atoms with Crippen LogP contribution in [0.25, 0.3) is 0 Å². The molecule has 3 nitrogen and oxygen atoms in total. The lowest BCUT2D eigenvalue weighted by Gasteiger charge is -2.24. The molecule has 1 atom stereocenters. The van der Waals surface area contributed by atoms with E-state index in [1.54, 1.807) is 7.11 Å². The molecule has 0 heterocycles. The summed E-state index contributed by atoms with van der Waals surface area (Å²) in [5, 5.41) is 0. The highest BCUT2D eigenvalue weighted by molar-refractivity contribution is 5.37. The van der Waals surface area contributed by atoms with Crippen molar-refractivity contribution in [2.24, 2.45) is 11.7 Å². The SMILES string of the molecule is CCC(C)CN(CC)Cc1ccc(OC)c(CN)c1. The molecule has 3 heteroatoms. The van der Waals surface area contributed by atoms with Gasteiger partial charge in [0, 0.05) is 25.2 Å². The first kappa shape index (κ1) is 16.0. The van der Waals surface area contributed by atoms with Gasteiger partial charge >= 0.3 is 0 Å². The zero-order chi connectivity index (χ0) is 14.3. The minimum Gasteiger partial charge on any atom is -0.496 e. The molecule has 0 aromatic heterocycles. The molecule has 0 amide bonds. The summed E-state index contributed by atoms with van der Waals surface area (Å²) in [6.45, 7) is 10.5. The Kier molecular flexibility index (Phi) is 6.89. The molecule has 0 spiro atoms. The van der Waals surface area contributed by atoms with Crippen molar-refractivity contribution in [1.29, 1.82) is 0 Å². The van der Waals surface area contributed by atoms with Crippen LogP contribution in [0, 0.1) is 5.92 Å². The molecule has 0 aliphatic heterocycles. The Morgan fingerprint density at radius 1 is 1.32 bits per heavy atom. The van der Waals surface area contributed by atoms with Crippen LogP contribution in [0.4, 0.5) is 0 Å². The van der Waals surface area contributed by atoms with Crippen molar-refractivity contribution in [3.63, 3.8) is 0 Å². The largest absolute Gasteiger partial charge is 0.496 e. The van der Waals surface area contributed by atoms with Gasteiger partial charge < -0.3 is 10.5 Å². The van der Waals surface area contributed by atoms with E-state index in [0.29, 0.717) is 6.54 Å². The van der Waals surface area contributed by atoms with Crippen LogP contribution in [-0.2, 0) is 13.1 Å². The van der Waals surface area contributed by atoms with Crippen molar-refractivity contribution >= 4 is 0 Å². The summed E-state index contributed by atoms with van der Waals surface area (Å²) < 4.78 is 5.31. The number of benzene rings is 1. The number of rotatable bonds is 8. The van der Waals surface area contributed by atoms with E-state index in [9.17, 15) is 0 Å². The zero-order valence-corrected chi connectivity index (χ0v) is 12.8. The van der Waals surface area contributed by atoms with Gasteiger partial charge in [-0.1, -0.05) is 33.3 Å². The van der Waals surface area contributed by atoms with Crippen molar-refractivity contribution in [2.45, 2.75) is 40.3 Å². The van der Waals surface area contributed by atoms with Gasteiger partial charge in [-0.15, -0.1) is 0 Å². The fourth-order valence-corrected chi connectivity index (χ4v) is 2.22. The molecule has 108 valence electrons. The Bertz CT molecular complexity index is 379. The Morgan fingerprint density at radius 3 is 2.58 bits per heavy atom. The van der Waals surface area contributed by atoms with Crippen LogP contribution in [0.15, 0.2) is 18.2 Å². The van der Waals surface area contributed by atoms with Crippen LogP contribution in [0.3, 0.4) is 0 Å². The predicted molar refractivity (Wildman–Crippen MR) is 81.3 cm³/mol. The van der Waals surface area contributed by atoms with Gasteiger partial charge in [0.1, 0.15) is 5.75 Å². The lowest BCUT2D eigenvalue weighted by atomic mass is 10.1. The molecule has 0 radical (unpaired) electrons. The number of hydrogen-bond acceptors (Lipinski definition) is 3. The Hall–Kier alpha value is -1.06. The van der Waals surface area contributed by atoms with E-state index in [-0.39, 0.29) is 0 Å². The van der Waals surface area contributed by atoms with Gasteiger partial charge in [-0.05, 0) is 30.2 Å². The third-order valence-electron chi connectivity index (χ3n) is 3.68. The molecular weight excluding hydrogens is 236 g/mol. The second-order valence-corrected chi connectivity index (χ2v) is 5.19. The summed E-state index contributed by atoms with van der Waals surface area (Å²) in [7, 11) is 1.69. The van der Waals surface area contributed by atoms with Crippen LogP contribution < -0.4 is 10.5 Å². The molecule has 0 saturated carbocycles. The van der Waals surface area contributed by atoms with Gasteiger partial charge in [-0.25, -0.2) is 0 Å². The normalized spacial score (nSPS) is 12.7. The highest BCUT2D eigenvalue weighted by atomic mass is 16.5. The smallest absolute Gasteiger partial charge is 0.123 e. The summed E-state index contributed by atoms with van der Waals surface area (Å²) in [4.78, 5) is 2.48. The van der Waals surface area contributed by atoms with E-state index in [1.165, 1.54) is 12.0 Å². The van der Waals surface area contributed by atoms with Crippen LogP contribution >= 0.6 is 0 Å². The molecule has 1 aromatic rings. The maximum Gasteiger partial charge on any atom is 0.123 e. The Balaban J connectivity index is 2.74. The molecule has 19 heavy (non-hydrogen) atoms. The summed E-state index contributed by atoms with van der Waals surface area (Å²) >= 11 is 0. The molecule has 0 saturated heterocycles. The second-order valence-electron chi connectivity index (χ2n) is 5.19. The topological polar surface area (TPSA) is 38.5 Å². The molecule has 0 bridgehead atoms. The van der Waals surface area contributed by atoms with Crippen molar-refractivity contribution < 1.29 is 4.74 Å². The van der Waals surface area contributed by atoms with Gasteiger partial charge in [0.25, 0.3) is 0 Å². The van der Waals surface area contributed by atoms with Crippen LogP contribution in [0.2, 0.25) is 0 Å². The summed E-state index contributed by atoms with van der Waals surface area (Å²) in [6.07, 6.45) is 1.23. The van der Waals surface area contributed by atoms with E-state index in [1.807, 2.05) is 6.07 Å². The fourth-order valence-electron chi connectivity index (χ4n) is 2.22. The highest BCUT2D eigenvalue weighted by Gasteiger charge is 2.09. The van der Waals surface area contributed by atoms with E-state index in [4.69, 9.17) is 10.5 Å². The molecule has 0 aliphatic carbocycles. The third-order valence-corrected chi connectivity index (χ3v) is 3.68. The van der Waals surface area contributed by atoms with E-state index < -0.39 is 0 Å². The maximum atomic E-state index is 5.77. The number of methoxy groups -OCH3 is 1. The average molecular weight is 264 g/mol. The standard InChI is InChI=1S/C16H28N2O/c1-5-13(3)11-18(6-2)12-14-7-8-16(19-4)15(9-14)10-17/h7-9,13H,5-6,10-12,17H2,1-4H3. The van der Waals surface area contributed by atoms with Gasteiger partial charge in [0.15, 0.2) is 0 Å². The zero-order valence-electron chi connectivity index (χ0n) is 12.8. The van der Waals surface area contributed by atoms with Gasteiger partial charge in [-0.2, -0.15) is 0 Å². The first-order valence-electron chi connectivity index (χ1n) is 7.22. The lowest BCUT2D eigenvalue weighted by Crippen LogP contribution is -2.27. The minimum absolute atomic E-state index is 0.522. The molecule has 0 fully saturated rings. The predicted octanol–water partition coefficient (Wildman–Crippen LogP) is 3.02. The lowest BCUT2D eigenvalue weighted by molar-refractivity contribution is 0.238. The Morgan fingerprint density at radius 2 is 2.05 bits per heavy atom. The molecule has 1 rings (SSSR count). The third kappa shape index (κ3) is 4.84. The molecule has 1 unspecified atom stereocenters. The van der Waals surface area contributed by atoms with E-state index >= 15 is 0 Å². The van der Waals surface area contributed by atoms with Crippen LogP contribution in [0.5, 0.6) is 5.75 Å². The van der Waals surface area contributed by atoms with Gasteiger partial charge in [0.2, 0.25) is 0 Å². The number of nitrogens with zero attached hydrogens (tertiary/aromatic N) is 1. The first-order chi connectivity index (χ1) is 9.14. The number of ether oxygens (including phenoxy) is 1. The maximum absolute atomic E-state index is 5.77. The van der Waals surface area contributed by atoms with E-state index in [2.05, 4.69) is 37.8 Å². The van der Waals surface area contributed by atoms with Crippen molar-refractivity contribution in [2.75, 3.05) is 20.2 Å². The van der Waals surface area contributed by atoms with Gasteiger partial charge in [0.05, 0.1) is 7.11 Å². The quantitative estimate of drug-likeness (QED) is 0.784. The van der Waals surface area contributed by atoms with E-state index in [0.717, 1.165) is 36.9 Å². The van der Waals surface area contributed by atoms with Crippen LogP contribution in [-0.4, -0.2) is 25.1 Å². The molecular formula is C16H28N2O. The van der Waals surface area contributed by atoms with Crippen molar-refractivity contribution in [3.05, 3.63) is 29.3 Å². The summed E-state index contributed by atoms with van der Waals surface area (Å²) in [6, 6.07) is 6.32. The van der Waals surface area contributed by atoms with Crippen molar-refractivity contribution in [1.82, 2.24) is 4.90 Å². The minimum atomic E-state index is 0.522. The average Bonchev–Trinajstić information content (AvgIpc) is 2.45. The highest BCUT2D eigenvalue weighted by Crippen LogP contribution is 2.20. The monoisotopic (exact) mass is 264 g/mol. The second kappa shape index (κ2) is 8.18. The van der Waals surface area contributed by atoms with Gasteiger partial charge in [-0.3, -0.25) is 4.90 Å². The molecule has 0 aliphatic rings.